The third-order valence-electron chi connectivity index (χ3n) is 5.54. The normalized spacial score (nSPS) is 19.4. The molecule has 1 unspecified atom stereocenters. The second-order valence-corrected chi connectivity index (χ2v) is 7.36. The Bertz CT molecular complexity index is 894. The van der Waals surface area contributed by atoms with Gasteiger partial charge in [-0.15, -0.1) is 0 Å². The number of hydrogen-bond acceptors (Lipinski definition) is 2. The van der Waals surface area contributed by atoms with Gasteiger partial charge in [0.2, 0.25) is 5.78 Å². The van der Waals surface area contributed by atoms with E-state index in [1.807, 2.05) is 13.0 Å². The van der Waals surface area contributed by atoms with E-state index < -0.39 is 5.41 Å². The lowest BCUT2D eigenvalue weighted by molar-refractivity contribution is -0.121. The van der Waals surface area contributed by atoms with Crippen LogP contribution < -0.4 is 4.74 Å². The molecule has 0 fully saturated rings. The summed E-state index contributed by atoms with van der Waals surface area (Å²) in [4.78, 5) is 15.6. The van der Waals surface area contributed by atoms with E-state index in [1.54, 1.807) is 7.11 Å². The number of Topliss-reactive ketones (excluding diaryl/α,β-unsaturated/α-hetero) is 1. The Balaban J connectivity index is 2.31. The van der Waals surface area contributed by atoms with Crippen molar-refractivity contribution < 1.29 is 14.3 Å². The quantitative estimate of drug-likeness (QED) is 0.471. The van der Waals surface area contributed by atoms with Crippen molar-refractivity contribution in [3.05, 3.63) is 46.5 Å². The van der Waals surface area contributed by atoms with Crippen LogP contribution in [-0.4, -0.2) is 23.9 Å². The summed E-state index contributed by atoms with van der Waals surface area (Å²) in [6.45, 7) is 6.29. The van der Waals surface area contributed by atoms with Crippen LogP contribution in [0.4, 0.5) is 0 Å². The largest absolute Gasteiger partial charge is 0.496 e. The molecule has 2 aromatic carbocycles. The highest BCUT2D eigenvalue weighted by atomic mass is 16.5. The second kappa shape index (κ2) is 6.45. The highest BCUT2D eigenvalue weighted by molar-refractivity contribution is 6.29. The number of ketones is 1. The smallest absolute Gasteiger partial charge is 0.324 e. The maximum absolute atomic E-state index is 12.6. The van der Waals surface area contributed by atoms with Gasteiger partial charge in [0, 0.05) is 5.39 Å². The molecular weight excluding hydrogens is 312 g/mol. The Morgan fingerprint density at radius 2 is 2.08 bits per heavy atom. The maximum Gasteiger partial charge on any atom is 0.324 e. The van der Waals surface area contributed by atoms with Crippen molar-refractivity contribution in [1.82, 2.24) is 0 Å². The number of fused-ring (bicyclic) bond motifs is 3. The van der Waals surface area contributed by atoms with Gasteiger partial charge in [-0.2, -0.15) is 4.79 Å². The number of aryl methyl sites for hydroxylation is 1. The Kier molecular flexibility index (Phi) is 4.49. The van der Waals surface area contributed by atoms with Crippen LogP contribution in [0.15, 0.2) is 24.3 Å². The predicted molar refractivity (Wildman–Crippen MR) is 99.6 cm³/mol. The van der Waals surface area contributed by atoms with Crippen LogP contribution in [0.2, 0.25) is 0 Å². The maximum atomic E-state index is 12.6. The highest BCUT2D eigenvalue weighted by Crippen LogP contribution is 2.44. The fourth-order valence-electron chi connectivity index (χ4n) is 3.96. The topological polar surface area (TPSA) is 62.7 Å². The van der Waals surface area contributed by atoms with Crippen LogP contribution in [0.3, 0.4) is 0 Å². The van der Waals surface area contributed by atoms with Crippen molar-refractivity contribution in [2.45, 2.75) is 51.4 Å². The molecule has 0 bridgehead atoms. The molecule has 0 aromatic heterocycles. The molecule has 0 amide bonds. The number of ether oxygens (including phenoxy) is 1. The summed E-state index contributed by atoms with van der Waals surface area (Å²) in [5.41, 5.74) is 11.6. The summed E-state index contributed by atoms with van der Waals surface area (Å²) in [6, 6.07) is 8.52. The fourth-order valence-corrected chi connectivity index (χ4v) is 3.96. The van der Waals surface area contributed by atoms with Crippen LogP contribution in [0.1, 0.15) is 56.2 Å². The Labute approximate surface area is 148 Å². The molecule has 4 nitrogen and oxygen atoms in total. The second-order valence-electron chi connectivity index (χ2n) is 7.36. The van der Waals surface area contributed by atoms with Gasteiger partial charge in [0.25, 0.3) is 0 Å². The third-order valence-corrected chi connectivity index (χ3v) is 5.54. The molecule has 0 saturated carbocycles. The average molecular weight is 336 g/mol. The zero-order valence-electron chi connectivity index (χ0n) is 15.3. The molecule has 0 N–H and O–H groups in total. The van der Waals surface area contributed by atoms with Crippen molar-refractivity contribution in [1.29, 1.82) is 0 Å². The molecule has 4 heteroatoms. The van der Waals surface area contributed by atoms with Crippen molar-refractivity contribution in [3.63, 3.8) is 0 Å². The van der Waals surface area contributed by atoms with Crippen LogP contribution in [-0.2, 0) is 16.6 Å². The molecule has 0 heterocycles. The van der Waals surface area contributed by atoms with Crippen molar-refractivity contribution >= 4 is 22.8 Å². The minimum absolute atomic E-state index is 0.170. The lowest BCUT2D eigenvalue weighted by atomic mass is 9.68. The first-order valence-corrected chi connectivity index (χ1v) is 8.78. The molecular formula is C21H24N2O2. The highest BCUT2D eigenvalue weighted by Gasteiger charge is 2.41. The standard InChI is InChI=1S/C21H24N2O2/c1-13(2)14-7-8-15-16-6-5-9-21(3,20(24)12-23-22)18(16)11-19(25-4)17(15)10-14/h7-8,10-13H,5-6,9H2,1-4H3. The van der Waals surface area contributed by atoms with E-state index in [9.17, 15) is 4.79 Å². The van der Waals surface area contributed by atoms with E-state index in [2.05, 4.69) is 36.8 Å². The molecule has 0 aliphatic heterocycles. The molecule has 0 saturated heterocycles. The lowest BCUT2D eigenvalue weighted by Gasteiger charge is -2.34. The number of carbonyl (C=O) groups is 1. The van der Waals surface area contributed by atoms with E-state index in [1.165, 1.54) is 11.1 Å². The van der Waals surface area contributed by atoms with Crippen LogP contribution >= 0.6 is 0 Å². The predicted octanol–water partition coefficient (Wildman–Crippen LogP) is 4.44. The number of carbonyl (C=O) groups excluding carboxylic acids is 1. The summed E-state index contributed by atoms with van der Waals surface area (Å²) < 4.78 is 5.67. The van der Waals surface area contributed by atoms with Gasteiger partial charge in [-0.05, 0) is 66.3 Å². The average Bonchev–Trinajstić information content (AvgIpc) is 2.61. The van der Waals surface area contributed by atoms with E-state index >= 15 is 0 Å². The minimum Gasteiger partial charge on any atom is -0.496 e. The summed E-state index contributed by atoms with van der Waals surface area (Å²) in [6.07, 6.45) is 3.63. The van der Waals surface area contributed by atoms with E-state index in [0.717, 1.165) is 47.6 Å². The van der Waals surface area contributed by atoms with E-state index in [0.29, 0.717) is 5.92 Å². The van der Waals surface area contributed by atoms with Gasteiger partial charge in [-0.3, -0.25) is 4.79 Å². The fraction of sp³-hybridized carbons (Fsp3) is 0.429. The van der Waals surface area contributed by atoms with Crippen LogP contribution in [0.5, 0.6) is 5.75 Å². The monoisotopic (exact) mass is 336 g/mol. The number of benzene rings is 2. The zero-order chi connectivity index (χ0) is 18.2. The molecule has 130 valence electrons. The van der Waals surface area contributed by atoms with E-state index in [4.69, 9.17) is 10.3 Å². The Morgan fingerprint density at radius 3 is 2.72 bits per heavy atom. The van der Waals surface area contributed by atoms with Gasteiger partial charge >= 0.3 is 6.21 Å². The molecule has 3 rings (SSSR count). The van der Waals surface area contributed by atoms with Crippen molar-refractivity contribution in [2.24, 2.45) is 0 Å². The van der Waals surface area contributed by atoms with Gasteiger partial charge in [-0.1, -0.05) is 26.0 Å². The SMILES string of the molecule is COc1cc2c(c3ccc(C(C)C)cc13)CCCC2(C)C(=O)C=[N+]=[N-]. The van der Waals surface area contributed by atoms with Crippen LogP contribution in [0, 0.1) is 0 Å². The molecule has 2 aromatic rings. The Hall–Kier alpha value is -2.45. The molecule has 1 atom stereocenters. The van der Waals surface area contributed by atoms with Crippen molar-refractivity contribution in [2.75, 3.05) is 7.11 Å². The number of hydrogen-bond donors (Lipinski definition) is 0. The van der Waals surface area contributed by atoms with Gasteiger partial charge in [0.1, 0.15) is 5.75 Å². The van der Waals surface area contributed by atoms with E-state index in [-0.39, 0.29) is 5.78 Å². The Morgan fingerprint density at radius 1 is 1.32 bits per heavy atom. The molecule has 0 spiro atoms. The van der Waals surface area contributed by atoms with Crippen molar-refractivity contribution in [3.8, 4) is 5.75 Å². The minimum atomic E-state index is -0.683. The zero-order valence-corrected chi connectivity index (χ0v) is 15.3. The summed E-state index contributed by atoms with van der Waals surface area (Å²) in [5, 5.41) is 2.25. The first kappa shape index (κ1) is 17.4. The summed E-state index contributed by atoms with van der Waals surface area (Å²) in [7, 11) is 1.67. The van der Waals surface area contributed by atoms with Gasteiger partial charge in [-0.25, -0.2) is 0 Å². The van der Waals surface area contributed by atoms with Gasteiger partial charge in [0.05, 0.1) is 12.5 Å². The third kappa shape index (κ3) is 2.77. The molecule has 25 heavy (non-hydrogen) atoms. The molecule has 0 radical (unpaired) electrons. The first-order chi connectivity index (χ1) is 11.9. The summed E-state index contributed by atoms with van der Waals surface area (Å²) in [5.74, 6) is 1.06. The van der Waals surface area contributed by atoms with Gasteiger partial charge < -0.3 is 10.3 Å². The lowest BCUT2D eigenvalue weighted by Crippen LogP contribution is -2.37. The van der Waals surface area contributed by atoms with Gasteiger partial charge in [0.15, 0.2) is 0 Å². The molecule has 1 aliphatic carbocycles. The number of nitrogens with zero attached hydrogens (tertiary/aromatic N) is 2. The van der Waals surface area contributed by atoms with Crippen LogP contribution in [0.25, 0.3) is 16.3 Å². The number of rotatable bonds is 4. The summed E-state index contributed by atoms with van der Waals surface area (Å²) >= 11 is 0. The number of methoxy groups -OCH3 is 1. The molecule has 1 aliphatic rings. The first-order valence-electron chi connectivity index (χ1n) is 8.78.